The maximum atomic E-state index is 12.2. The number of rotatable bonds is 5. The molecule has 0 aliphatic carbocycles. The highest BCUT2D eigenvalue weighted by molar-refractivity contribution is 5.94. The number of carbonyl (C=O) groups excluding carboxylic acids is 1. The van der Waals surface area contributed by atoms with Crippen LogP contribution in [-0.4, -0.2) is 25.6 Å². The zero-order chi connectivity index (χ0) is 13.7. The van der Waals surface area contributed by atoms with Crippen molar-refractivity contribution in [3.05, 3.63) is 28.8 Å². The van der Waals surface area contributed by atoms with Crippen LogP contribution in [0.3, 0.4) is 0 Å². The molecule has 108 valence electrons. The van der Waals surface area contributed by atoms with Crippen LogP contribution in [-0.2, 0) is 0 Å². The quantitative estimate of drug-likeness (QED) is 0.873. The summed E-state index contributed by atoms with van der Waals surface area (Å²) in [5.41, 5.74) is 6.67. The molecule has 0 atom stereocenters. The van der Waals surface area contributed by atoms with Gasteiger partial charge in [-0.1, -0.05) is 0 Å². The maximum Gasteiger partial charge on any atom is 0.387 e. The summed E-state index contributed by atoms with van der Waals surface area (Å²) in [6, 6.07) is 3.02. The van der Waals surface area contributed by atoms with Crippen LogP contribution in [0.15, 0.2) is 12.1 Å². The fraction of sp³-hybridized carbons (Fsp3) is 0.417. The minimum atomic E-state index is -2.88. The molecule has 1 aromatic rings. The maximum absolute atomic E-state index is 12.2. The van der Waals surface area contributed by atoms with E-state index in [-0.39, 0.29) is 24.1 Å². The van der Waals surface area contributed by atoms with Crippen molar-refractivity contribution in [3.63, 3.8) is 0 Å². The van der Waals surface area contributed by atoms with Crippen LogP contribution in [0.5, 0.6) is 5.75 Å². The van der Waals surface area contributed by atoms with Crippen molar-refractivity contribution in [1.82, 2.24) is 5.32 Å². The first-order chi connectivity index (χ1) is 8.45. The van der Waals surface area contributed by atoms with E-state index >= 15 is 0 Å². The number of nitrogens with two attached hydrogens (primary N) is 1. The standard InChI is InChI=1S/C12H16F2N2O2.ClH/c1-7-5-9(11(17)16-4-3-15)6-8(2)10(7)18-12(13)14;/h5-6,12H,3-4,15H2,1-2H3,(H,16,17);1H. The second kappa shape index (κ2) is 7.91. The Morgan fingerprint density at radius 1 is 1.37 bits per heavy atom. The molecule has 0 bridgehead atoms. The number of benzene rings is 1. The molecule has 0 aliphatic heterocycles. The van der Waals surface area contributed by atoms with E-state index in [1.54, 1.807) is 13.8 Å². The van der Waals surface area contributed by atoms with E-state index < -0.39 is 6.61 Å². The zero-order valence-electron chi connectivity index (χ0n) is 10.7. The summed E-state index contributed by atoms with van der Waals surface area (Å²) in [6.45, 7) is 1.07. The molecule has 19 heavy (non-hydrogen) atoms. The van der Waals surface area contributed by atoms with Gasteiger partial charge in [-0.2, -0.15) is 8.78 Å². The van der Waals surface area contributed by atoms with Gasteiger partial charge in [0.05, 0.1) is 0 Å². The predicted molar refractivity (Wildman–Crippen MR) is 71.2 cm³/mol. The number of hydrogen-bond donors (Lipinski definition) is 2. The minimum Gasteiger partial charge on any atom is -0.434 e. The fourth-order valence-corrected chi connectivity index (χ4v) is 1.64. The number of nitrogens with one attached hydrogen (secondary N) is 1. The average molecular weight is 295 g/mol. The average Bonchev–Trinajstić information content (AvgIpc) is 2.30. The van der Waals surface area contributed by atoms with Gasteiger partial charge in [0.2, 0.25) is 0 Å². The lowest BCUT2D eigenvalue weighted by Crippen LogP contribution is -2.29. The van der Waals surface area contributed by atoms with Crippen molar-refractivity contribution < 1.29 is 18.3 Å². The second-order valence-corrected chi connectivity index (χ2v) is 3.86. The number of aryl methyl sites for hydroxylation is 2. The molecule has 0 heterocycles. The molecule has 7 heteroatoms. The number of carbonyl (C=O) groups is 1. The van der Waals surface area contributed by atoms with Crippen LogP contribution in [0.4, 0.5) is 8.78 Å². The molecule has 0 aliphatic rings. The van der Waals surface area contributed by atoms with Gasteiger partial charge in [0.15, 0.2) is 0 Å². The molecule has 0 fully saturated rings. The smallest absolute Gasteiger partial charge is 0.387 e. The van der Waals surface area contributed by atoms with Crippen molar-refractivity contribution in [3.8, 4) is 5.75 Å². The van der Waals surface area contributed by atoms with Gasteiger partial charge in [-0.25, -0.2) is 0 Å². The molecule has 0 spiro atoms. The van der Waals surface area contributed by atoms with Gasteiger partial charge in [0.1, 0.15) is 5.75 Å². The molecule has 0 radical (unpaired) electrons. The lowest BCUT2D eigenvalue weighted by Gasteiger charge is -2.13. The number of amides is 1. The lowest BCUT2D eigenvalue weighted by atomic mass is 10.1. The molecule has 3 N–H and O–H groups in total. The van der Waals surface area contributed by atoms with Crippen molar-refractivity contribution in [2.24, 2.45) is 5.73 Å². The second-order valence-electron chi connectivity index (χ2n) is 3.86. The van der Waals surface area contributed by atoms with Crippen LogP contribution in [0.25, 0.3) is 0 Å². The Morgan fingerprint density at radius 2 is 1.89 bits per heavy atom. The number of halogens is 3. The Morgan fingerprint density at radius 3 is 2.32 bits per heavy atom. The summed E-state index contributed by atoms with van der Waals surface area (Å²) in [7, 11) is 0. The summed E-state index contributed by atoms with van der Waals surface area (Å²) in [4.78, 5) is 11.7. The molecule has 1 aromatic carbocycles. The summed E-state index contributed by atoms with van der Waals surface area (Å²) >= 11 is 0. The molecule has 0 saturated carbocycles. The van der Waals surface area contributed by atoms with Crippen LogP contribution < -0.4 is 15.8 Å². The van der Waals surface area contributed by atoms with E-state index in [1.165, 1.54) is 12.1 Å². The van der Waals surface area contributed by atoms with Gasteiger partial charge in [-0.05, 0) is 37.1 Å². The van der Waals surface area contributed by atoms with E-state index in [1.807, 2.05) is 0 Å². The lowest BCUT2D eigenvalue weighted by molar-refractivity contribution is -0.0507. The highest BCUT2D eigenvalue weighted by atomic mass is 35.5. The fourth-order valence-electron chi connectivity index (χ4n) is 1.64. The van der Waals surface area contributed by atoms with Crippen molar-refractivity contribution in [2.45, 2.75) is 20.5 Å². The van der Waals surface area contributed by atoms with E-state index in [0.29, 0.717) is 29.8 Å². The van der Waals surface area contributed by atoms with E-state index in [2.05, 4.69) is 10.1 Å². The molecule has 0 saturated heterocycles. The van der Waals surface area contributed by atoms with Gasteiger partial charge in [-0.3, -0.25) is 4.79 Å². The molecule has 0 aromatic heterocycles. The highest BCUT2D eigenvalue weighted by Crippen LogP contribution is 2.26. The van der Waals surface area contributed by atoms with Gasteiger partial charge < -0.3 is 15.8 Å². The van der Waals surface area contributed by atoms with Gasteiger partial charge >= 0.3 is 6.61 Å². The Balaban J connectivity index is 0.00000324. The van der Waals surface area contributed by atoms with Crippen LogP contribution in [0, 0.1) is 13.8 Å². The Hall–Kier alpha value is -1.40. The third kappa shape index (κ3) is 5.00. The van der Waals surface area contributed by atoms with Crippen LogP contribution in [0.1, 0.15) is 21.5 Å². The monoisotopic (exact) mass is 294 g/mol. The number of alkyl halides is 2. The Kier molecular flexibility index (Phi) is 7.33. The summed E-state index contributed by atoms with van der Waals surface area (Å²) in [5.74, 6) is -0.171. The van der Waals surface area contributed by atoms with E-state index in [0.717, 1.165) is 0 Å². The number of ether oxygens (including phenoxy) is 1. The van der Waals surface area contributed by atoms with Crippen molar-refractivity contribution in [1.29, 1.82) is 0 Å². The first kappa shape index (κ1) is 17.6. The molecule has 4 nitrogen and oxygen atoms in total. The Labute approximate surface area is 116 Å². The SMILES string of the molecule is Cc1cc(C(=O)NCCN)cc(C)c1OC(F)F.Cl. The number of hydrogen-bond acceptors (Lipinski definition) is 3. The predicted octanol–water partition coefficient (Wildman–Crippen LogP) is 2.02. The topological polar surface area (TPSA) is 64.4 Å². The van der Waals surface area contributed by atoms with E-state index in [9.17, 15) is 13.6 Å². The first-order valence-corrected chi connectivity index (χ1v) is 5.50. The molecule has 0 unspecified atom stereocenters. The van der Waals surface area contributed by atoms with E-state index in [4.69, 9.17) is 5.73 Å². The molecule has 1 rings (SSSR count). The Bertz CT molecular complexity index is 419. The first-order valence-electron chi connectivity index (χ1n) is 5.50. The third-order valence-electron chi connectivity index (χ3n) is 2.36. The summed E-state index contributed by atoms with van der Waals surface area (Å²) in [5, 5.41) is 2.61. The van der Waals surface area contributed by atoms with Gasteiger partial charge in [0, 0.05) is 18.7 Å². The summed E-state index contributed by atoms with van der Waals surface area (Å²) in [6.07, 6.45) is 0. The third-order valence-corrected chi connectivity index (χ3v) is 2.36. The minimum absolute atomic E-state index is 0. The molecule has 1 amide bonds. The van der Waals surface area contributed by atoms with Crippen LogP contribution in [0.2, 0.25) is 0 Å². The zero-order valence-corrected chi connectivity index (χ0v) is 11.5. The van der Waals surface area contributed by atoms with Crippen molar-refractivity contribution in [2.75, 3.05) is 13.1 Å². The van der Waals surface area contributed by atoms with Gasteiger partial charge in [0.25, 0.3) is 5.91 Å². The van der Waals surface area contributed by atoms with Gasteiger partial charge in [-0.15, -0.1) is 12.4 Å². The molecular weight excluding hydrogens is 278 g/mol. The van der Waals surface area contributed by atoms with Crippen molar-refractivity contribution >= 4 is 18.3 Å². The highest BCUT2D eigenvalue weighted by Gasteiger charge is 2.14. The molecular formula is C12H17ClF2N2O2. The van der Waals surface area contributed by atoms with Crippen LogP contribution >= 0.6 is 12.4 Å². The normalized spacial score (nSPS) is 10.0. The summed E-state index contributed by atoms with van der Waals surface area (Å²) < 4.78 is 28.8. The largest absolute Gasteiger partial charge is 0.434 e.